The number of benzene rings is 1. The second-order valence-corrected chi connectivity index (χ2v) is 7.68. The van der Waals surface area contributed by atoms with E-state index in [4.69, 9.17) is 5.73 Å². The zero-order valence-corrected chi connectivity index (χ0v) is 15.8. The molecule has 8 heteroatoms. The van der Waals surface area contributed by atoms with E-state index < -0.39 is 10.0 Å². The molecule has 0 radical (unpaired) electrons. The fraction of sp³-hybridized carbons (Fsp3) is 0.222. The third-order valence-corrected chi connectivity index (χ3v) is 5.76. The molecule has 1 aromatic carbocycles. The highest BCUT2D eigenvalue weighted by molar-refractivity contribution is 7.89. The maximum absolute atomic E-state index is 12.4. The minimum atomic E-state index is -3.60. The van der Waals surface area contributed by atoms with Crippen LogP contribution in [0.4, 0.5) is 0 Å². The number of imidazole rings is 1. The third-order valence-electron chi connectivity index (χ3n) is 4.00. The van der Waals surface area contributed by atoms with Gasteiger partial charge in [0.25, 0.3) is 10.0 Å². The lowest BCUT2D eigenvalue weighted by Crippen LogP contribution is -2.69. The Bertz CT molecular complexity index is 986. The van der Waals surface area contributed by atoms with Crippen LogP contribution in [0.2, 0.25) is 0 Å². The normalized spacial score (nSPS) is 12.6. The number of aryl methyl sites for hydroxylation is 1. The molecule has 3 N–H and O–H groups in total. The number of allylic oxidation sites excluding steroid dienone is 2. The van der Waals surface area contributed by atoms with Crippen LogP contribution in [0.3, 0.4) is 0 Å². The van der Waals surface area contributed by atoms with Gasteiger partial charge in [-0.1, -0.05) is 13.2 Å². The molecule has 0 bridgehead atoms. The number of fused-ring (bicyclic) bond motifs is 1. The standard InChI is InChI=1S/C18H23N5O2S/c1-5-14(19)9-11-20-12-10-18-21-16-13-15(7-8-17(16)23(18)4)26(24,25)22(3)6-2/h5-9,11,13H,1-2,10,12,19H2,3-4H3/p+1/b14-9+,20-11?. The lowest BCUT2D eigenvalue weighted by molar-refractivity contribution is -0.450. The topological polar surface area (TPSA) is 95.2 Å². The number of sulfonamides is 1. The van der Waals surface area contributed by atoms with Crippen molar-refractivity contribution in [2.75, 3.05) is 13.6 Å². The van der Waals surface area contributed by atoms with Crippen molar-refractivity contribution in [2.45, 2.75) is 11.3 Å². The first-order valence-corrected chi connectivity index (χ1v) is 9.46. The molecule has 0 saturated carbocycles. The van der Waals surface area contributed by atoms with Gasteiger partial charge in [0.15, 0.2) is 6.21 Å². The van der Waals surface area contributed by atoms with Crippen molar-refractivity contribution >= 4 is 27.3 Å². The van der Waals surface area contributed by atoms with Crippen LogP contribution in [0.5, 0.6) is 0 Å². The number of nitrogens with one attached hydrogen (secondary N) is 1. The summed E-state index contributed by atoms with van der Waals surface area (Å²) >= 11 is 0. The summed E-state index contributed by atoms with van der Waals surface area (Å²) < 4.78 is 27.9. The van der Waals surface area contributed by atoms with E-state index in [9.17, 15) is 8.42 Å². The molecule has 2 aromatic rings. The summed E-state index contributed by atoms with van der Waals surface area (Å²) in [5.74, 6) is 0.855. The Morgan fingerprint density at radius 2 is 2.15 bits per heavy atom. The lowest BCUT2D eigenvalue weighted by atomic mass is 10.3. The van der Waals surface area contributed by atoms with E-state index in [1.54, 1.807) is 36.6 Å². The predicted octanol–water partition coefficient (Wildman–Crippen LogP) is 0.0598. The van der Waals surface area contributed by atoms with Crippen LogP contribution in [0, 0.1) is 0 Å². The Kier molecular flexibility index (Phi) is 5.99. The highest BCUT2D eigenvalue weighted by Gasteiger charge is 2.19. The number of aromatic nitrogens is 2. The van der Waals surface area contributed by atoms with Crippen LogP contribution in [-0.2, 0) is 23.5 Å². The molecule has 26 heavy (non-hydrogen) atoms. The first-order valence-electron chi connectivity index (χ1n) is 8.02. The molecule has 0 atom stereocenters. The van der Waals surface area contributed by atoms with E-state index >= 15 is 0 Å². The van der Waals surface area contributed by atoms with E-state index in [1.165, 1.54) is 13.2 Å². The van der Waals surface area contributed by atoms with Crippen molar-refractivity contribution in [3.8, 4) is 0 Å². The monoisotopic (exact) mass is 374 g/mol. The molecule has 0 fully saturated rings. The lowest BCUT2D eigenvalue weighted by Gasteiger charge is -2.13. The van der Waals surface area contributed by atoms with Crippen molar-refractivity contribution in [3.05, 3.63) is 61.2 Å². The molecule has 0 spiro atoms. The number of nitrogens with two attached hydrogens (primary N) is 1. The van der Waals surface area contributed by atoms with Crippen molar-refractivity contribution in [3.63, 3.8) is 0 Å². The maximum atomic E-state index is 12.4. The minimum Gasteiger partial charge on any atom is -0.399 e. The summed E-state index contributed by atoms with van der Waals surface area (Å²) in [7, 11) is -0.236. The molecule has 1 aromatic heterocycles. The Morgan fingerprint density at radius 1 is 1.42 bits per heavy atom. The zero-order valence-electron chi connectivity index (χ0n) is 15.0. The van der Waals surface area contributed by atoms with Crippen LogP contribution in [0.15, 0.2) is 60.3 Å². The van der Waals surface area contributed by atoms with Crippen molar-refractivity contribution in [2.24, 2.45) is 12.8 Å². The molecule has 0 aliphatic heterocycles. The van der Waals surface area contributed by atoms with Crippen LogP contribution in [-0.4, -0.2) is 42.1 Å². The summed E-state index contributed by atoms with van der Waals surface area (Å²) in [6.07, 6.45) is 7.00. The second-order valence-electron chi connectivity index (χ2n) is 5.68. The molecule has 1 heterocycles. The predicted molar refractivity (Wildman–Crippen MR) is 104 cm³/mol. The second kappa shape index (κ2) is 8.01. The van der Waals surface area contributed by atoms with E-state index in [-0.39, 0.29) is 4.90 Å². The Balaban J connectivity index is 2.25. The molecular weight excluding hydrogens is 350 g/mol. The quantitative estimate of drug-likeness (QED) is 0.505. The molecule has 0 unspecified atom stereocenters. The number of rotatable bonds is 8. The summed E-state index contributed by atoms with van der Waals surface area (Å²) in [5.41, 5.74) is 7.72. The van der Waals surface area contributed by atoms with Crippen LogP contribution < -0.4 is 10.7 Å². The van der Waals surface area contributed by atoms with E-state index in [2.05, 4.69) is 23.1 Å². The third kappa shape index (κ3) is 4.02. The van der Waals surface area contributed by atoms with E-state index in [0.29, 0.717) is 24.2 Å². The summed E-state index contributed by atoms with van der Waals surface area (Å²) in [4.78, 5) is 7.89. The van der Waals surface area contributed by atoms with Gasteiger partial charge in [-0.05, 0) is 24.3 Å². The van der Waals surface area contributed by atoms with Gasteiger partial charge >= 0.3 is 0 Å². The summed E-state index contributed by atoms with van der Waals surface area (Å²) in [6.45, 7) is 7.74. The smallest absolute Gasteiger partial charge is 0.263 e. The van der Waals surface area contributed by atoms with Crippen molar-refractivity contribution in [1.29, 1.82) is 0 Å². The molecular formula is C18H24N5O2S+. The molecule has 0 saturated heterocycles. The summed E-state index contributed by atoms with van der Waals surface area (Å²) in [5, 5.41) is 0. The number of hydrogen-bond donors (Lipinski definition) is 2. The van der Waals surface area contributed by atoms with E-state index in [0.717, 1.165) is 15.6 Å². The van der Waals surface area contributed by atoms with Gasteiger partial charge in [-0.25, -0.2) is 18.4 Å². The first kappa shape index (κ1) is 19.5. The Hall–Kier alpha value is -2.87. The van der Waals surface area contributed by atoms with Gasteiger partial charge in [-0.2, -0.15) is 0 Å². The fourth-order valence-corrected chi connectivity index (χ4v) is 3.40. The molecule has 138 valence electrons. The average Bonchev–Trinajstić information content (AvgIpc) is 2.95. The van der Waals surface area contributed by atoms with Crippen LogP contribution >= 0.6 is 0 Å². The largest absolute Gasteiger partial charge is 0.399 e. The molecule has 2 rings (SSSR count). The van der Waals surface area contributed by atoms with Gasteiger partial charge in [-0.3, -0.25) is 4.31 Å². The maximum Gasteiger partial charge on any atom is 0.263 e. The summed E-state index contributed by atoms with van der Waals surface area (Å²) in [6, 6.07) is 4.93. The Labute approximate surface area is 153 Å². The van der Waals surface area contributed by atoms with E-state index in [1.807, 2.05) is 11.6 Å². The Morgan fingerprint density at radius 3 is 2.81 bits per heavy atom. The highest BCUT2D eigenvalue weighted by Crippen LogP contribution is 2.21. The van der Waals surface area contributed by atoms with Gasteiger partial charge in [-0.15, -0.1) is 0 Å². The SMILES string of the molecule is C=C/C(N)=C\C=[NH+]CCc1nc2cc(S(=O)(=O)N(C)C=C)ccc2n1C. The van der Waals surface area contributed by atoms with Crippen molar-refractivity contribution < 1.29 is 13.4 Å². The molecule has 7 nitrogen and oxygen atoms in total. The van der Waals surface area contributed by atoms with Crippen LogP contribution in [0.1, 0.15) is 5.82 Å². The average molecular weight is 374 g/mol. The van der Waals surface area contributed by atoms with Gasteiger partial charge in [0.2, 0.25) is 0 Å². The van der Waals surface area contributed by atoms with Gasteiger partial charge < -0.3 is 10.3 Å². The van der Waals surface area contributed by atoms with Crippen molar-refractivity contribution in [1.82, 2.24) is 13.9 Å². The molecule has 0 aliphatic rings. The number of hydrogen-bond acceptors (Lipinski definition) is 4. The minimum absolute atomic E-state index is 0.188. The van der Waals surface area contributed by atoms with Crippen LogP contribution in [0.25, 0.3) is 11.0 Å². The fourth-order valence-electron chi connectivity index (χ4n) is 2.37. The first-order chi connectivity index (χ1) is 12.3. The number of nitrogens with zero attached hydrogens (tertiary/aromatic N) is 3. The molecule has 0 amide bonds. The zero-order chi connectivity index (χ0) is 19.3. The van der Waals surface area contributed by atoms with Gasteiger partial charge in [0.05, 0.1) is 22.3 Å². The highest BCUT2D eigenvalue weighted by atomic mass is 32.2. The molecule has 0 aliphatic carbocycles. The van der Waals surface area contributed by atoms with Gasteiger partial charge in [0, 0.05) is 32.1 Å². The van der Waals surface area contributed by atoms with Gasteiger partial charge in [0.1, 0.15) is 12.4 Å².